The maximum absolute atomic E-state index is 5.09. The third-order valence-corrected chi connectivity index (χ3v) is 10.1. The Morgan fingerprint density at radius 2 is 1.42 bits per heavy atom. The van der Waals surface area contributed by atoms with Crippen LogP contribution in [0, 0.1) is 0 Å². The van der Waals surface area contributed by atoms with Crippen molar-refractivity contribution in [2.24, 2.45) is 15.0 Å². The van der Waals surface area contributed by atoms with Gasteiger partial charge in [0.05, 0.1) is 11.4 Å². The molecular formula is C47H49N3. The van der Waals surface area contributed by atoms with Crippen molar-refractivity contribution in [3.05, 3.63) is 174 Å². The smallest absolute Gasteiger partial charge is 0.159 e. The normalized spacial score (nSPS) is 18.2. The van der Waals surface area contributed by atoms with Gasteiger partial charge in [0.15, 0.2) is 5.84 Å². The summed E-state index contributed by atoms with van der Waals surface area (Å²) < 4.78 is 0. The lowest BCUT2D eigenvalue weighted by Gasteiger charge is -2.39. The molecular weight excluding hydrogens is 607 g/mol. The summed E-state index contributed by atoms with van der Waals surface area (Å²) in [6.45, 7) is 12.4. The van der Waals surface area contributed by atoms with Gasteiger partial charge in [-0.1, -0.05) is 154 Å². The molecule has 3 heteroatoms. The second-order valence-electron chi connectivity index (χ2n) is 13.4. The van der Waals surface area contributed by atoms with Gasteiger partial charge in [-0.2, -0.15) is 0 Å². The van der Waals surface area contributed by atoms with E-state index in [0.29, 0.717) is 11.5 Å². The summed E-state index contributed by atoms with van der Waals surface area (Å²) in [7, 11) is 0. The minimum absolute atomic E-state index is 0.0129. The summed E-state index contributed by atoms with van der Waals surface area (Å²) in [6, 6.07) is 26.7. The van der Waals surface area contributed by atoms with Crippen LogP contribution in [-0.2, 0) is 5.41 Å². The highest BCUT2D eigenvalue weighted by atomic mass is 14.9. The Morgan fingerprint density at radius 3 is 2.04 bits per heavy atom. The first-order chi connectivity index (χ1) is 24.5. The summed E-state index contributed by atoms with van der Waals surface area (Å²) in [5, 5.41) is 0. The van der Waals surface area contributed by atoms with Crippen LogP contribution < -0.4 is 0 Å². The Hall–Kier alpha value is -5.15. The lowest BCUT2D eigenvalue weighted by molar-refractivity contribution is 0.346. The summed E-state index contributed by atoms with van der Waals surface area (Å²) in [5.74, 6) is 0.694. The van der Waals surface area contributed by atoms with Crippen molar-refractivity contribution in [1.82, 2.24) is 0 Å². The monoisotopic (exact) mass is 655 g/mol. The highest BCUT2D eigenvalue weighted by Gasteiger charge is 2.35. The number of rotatable bonds is 10. The molecule has 0 unspecified atom stereocenters. The first-order valence-corrected chi connectivity index (χ1v) is 18.2. The molecule has 1 heterocycles. The molecule has 1 aliphatic heterocycles. The molecule has 0 spiro atoms. The van der Waals surface area contributed by atoms with Crippen molar-refractivity contribution >= 4 is 34.7 Å². The number of amidine groups is 1. The molecule has 3 aromatic carbocycles. The first kappa shape index (κ1) is 34.7. The molecule has 3 nitrogen and oxygen atoms in total. The Labute approximate surface area is 299 Å². The topological polar surface area (TPSA) is 37.1 Å². The Morgan fingerprint density at radius 1 is 0.760 bits per heavy atom. The minimum atomic E-state index is 0.0129. The van der Waals surface area contributed by atoms with Crippen molar-refractivity contribution in [3.8, 4) is 0 Å². The standard InChI is InChI=1S/C47H49N3/c1-5-15-39(16-6-2)40-22-20-37(21-23-40)35(3)49-46(42-17-9-7-10-18-42)50-36(4)38-24-28-43(29-25-38)47(32-12-8-13-33-47)44-30-26-41(27-31-44)45-19-11-14-34-48-45/h5-6,9,15-31,34H,1,4,7-8,10-14,32-33H2,2-3H3/b16-6-,39-15+,49-35+,50-46-. The average molecular weight is 656 g/mol. The molecule has 2 aliphatic carbocycles. The summed E-state index contributed by atoms with van der Waals surface area (Å²) >= 11 is 0. The van der Waals surface area contributed by atoms with Gasteiger partial charge in [0, 0.05) is 22.9 Å². The molecule has 3 aliphatic rings. The van der Waals surface area contributed by atoms with Crippen LogP contribution >= 0.6 is 0 Å². The van der Waals surface area contributed by atoms with E-state index in [1.807, 2.05) is 31.4 Å². The van der Waals surface area contributed by atoms with Crippen LogP contribution in [0.4, 0.5) is 0 Å². The molecule has 3 aromatic rings. The fourth-order valence-corrected chi connectivity index (χ4v) is 7.35. The fourth-order valence-electron chi connectivity index (χ4n) is 7.35. The molecule has 0 aromatic heterocycles. The zero-order chi connectivity index (χ0) is 34.8. The van der Waals surface area contributed by atoms with Crippen LogP contribution in [0.2, 0.25) is 0 Å². The summed E-state index contributed by atoms with van der Waals surface area (Å²) in [6.07, 6.45) is 29.0. The average Bonchev–Trinajstić information content (AvgIpc) is 3.18. The molecule has 0 N–H and O–H groups in total. The van der Waals surface area contributed by atoms with Crippen LogP contribution in [0.1, 0.15) is 105 Å². The van der Waals surface area contributed by atoms with E-state index in [-0.39, 0.29) is 5.41 Å². The second kappa shape index (κ2) is 16.5. The third-order valence-electron chi connectivity index (χ3n) is 10.1. The van der Waals surface area contributed by atoms with Gasteiger partial charge in [-0.25, -0.2) is 9.98 Å². The predicted octanol–water partition coefficient (Wildman–Crippen LogP) is 12.4. The predicted molar refractivity (Wildman–Crippen MR) is 217 cm³/mol. The van der Waals surface area contributed by atoms with Gasteiger partial charge in [0.2, 0.25) is 0 Å². The van der Waals surface area contributed by atoms with Crippen LogP contribution in [0.5, 0.6) is 0 Å². The van der Waals surface area contributed by atoms with E-state index < -0.39 is 0 Å². The van der Waals surface area contributed by atoms with Crippen LogP contribution in [-0.4, -0.2) is 17.8 Å². The molecule has 0 saturated heterocycles. The first-order valence-electron chi connectivity index (χ1n) is 18.2. The lowest BCUT2D eigenvalue weighted by Crippen LogP contribution is -2.30. The SMILES string of the molecule is C=C/C=C(\C=C/C)c1ccc(/C(C)=N/C(=N\C(=C)c2ccc(C3(c4ccc(C5=CCCC=N5)cc4)CCCCC3)cc2)C2=CCCC=C2)cc1. The fraction of sp³-hybridized carbons (Fsp3) is 0.255. The van der Waals surface area contributed by atoms with E-state index in [2.05, 4.69) is 128 Å². The van der Waals surface area contributed by atoms with E-state index in [0.717, 1.165) is 77.8 Å². The van der Waals surface area contributed by atoms with Gasteiger partial charge in [0.1, 0.15) is 0 Å². The minimum Gasteiger partial charge on any atom is -0.261 e. The largest absolute Gasteiger partial charge is 0.261 e. The number of benzene rings is 3. The van der Waals surface area contributed by atoms with Crippen molar-refractivity contribution in [2.75, 3.05) is 0 Å². The molecule has 1 fully saturated rings. The van der Waals surface area contributed by atoms with Crippen LogP contribution in [0.15, 0.2) is 155 Å². The number of nitrogens with zero attached hydrogens (tertiary/aromatic N) is 3. The van der Waals surface area contributed by atoms with E-state index in [1.54, 1.807) is 0 Å². The lowest BCUT2D eigenvalue weighted by atomic mass is 9.65. The van der Waals surface area contributed by atoms with Gasteiger partial charge >= 0.3 is 0 Å². The highest BCUT2D eigenvalue weighted by molar-refractivity contribution is 6.13. The number of hydrogen-bond donors (Lipinski definition) is 0. The number of hydrogen-bond acceptors (Lipinski definition) is 2. The van der Waals surface area contributed by atoms with Gasteiger partial charge in [-0.05, 0) is 91.3 Å². The third kappa shape index (κ3) is 8.00. The van der Waals surface area contributed by atoms with Crippen molar-refractivity contribution in [2.45, 2.75) is 77.0 Å². The van der Waals surface area contributed by atoms with Gasteiger partial charge in [0.25, 0.3) is 0 Å². The van der Waals surface area contributed by atoms with Crippen LogP contribution in [0.3, 0.4) is 0 Å². The van der Waals surface area contributed by atoms with E-state index in [9.17, 15) is 0 Å². The molecule has 0 amide bonds. The van der Waals surface area contributed by atoms with Gasteiger partial charge < -0.3 is 0 Å². The molecule has 252 valence electrons. The zero-order valence-electron chi connectivity index (χ0n) is 29.7. The Kier molecular flexibility index (Phi) is 11.5. The number of aliphatic imine (C=N–C) groups is 3. The molecule has 1 saturated carbocycles. The van der Waals surface area contributed by atoms with E-state index >= 15 is 0 Å². The van der Waals surface area contributed by atoms with Crippen molar-refractivity contribution < 1.29 is 0 Å². The highest BCUT2D eigenvalue weighted by Crippen LogP contribution is 2.45. The summed E-state index contributed by atoms with van der Waals surface area (Å²) in [5.41, 5.74) is 12.1. The molecule has 6 rings (SSSR count). The quantitative estimate of drug-likeness (QED) is 0.118. The molecule has 0 bridgehead atoms. The zero-order valence-corrected chi connectivity index (χ0v) is 29.7. The van der Waals surface area contributed by atoms with Crippen molar-refractivity contribution in [3.63, 3.8) is 0 Å². The Bertz CT molecular complexity index is 1930. The molecule has 0 atom stereocenters. The van der Waals surface area contributed by atoms with Crippen molar-refractivity contribution in [1.29, 1.82) is 0 Å². The molecule has 0 radical (unpaired) electrons. The van der Waals surface area contributed by atoms with Gasteiger partial charge in [-0.15, -0.1) is 0 Å². The van der Waals surface area contributed by atoms with Crippen LogP contribution in [0.25, 0.3) is 17.0 Å². The van der Waals surface area contributed by atoms with E-state index in [1.165, 1.54) is 36.0 Å². The maximum atomic E-state index is 5.09. The maximum Gasteiger partial charge on any atom is 0.159 e. The number of allylic oxidation sites excluding steroid dienone is 8. The second-order valence-corrected chi connectivity index (χ2v) is 13.4. The van der Waals surface area contributed by atoms with E-state index in [4.69, 9.17) is 9.98 Å². The summed E-state index contributed by atoms with van der Waals surface area (Å²) in [4.78, 5) is 14.8. The Balaban J connectivity index is 1.27. The molecule has 50 heavy (non-hydrogen) atoms. The van der Waals surface area contributed by atoms with Gasteiger partial charge in [-0.3, -0.25) is 4.99 Å².